The monoisotopic (exact) mass is 416 g/mol. The fourth-order valence-electron chi connectivity index (χ4n) is 3.18. The summed E-state index contributed by atoms with van der Waals surface area (Å²) in [6.45, 7) is 4.65. The first-order chi connectivity index (χ1) is 14.9. The van der Waals surface area contributed by atoms with E-state index in [2.05, 4.69) is 5.32 Å². The quantitative estimate of drug-likeness (QED) is 0.356. The normalized spacial score (nSPS) is 10.5. The van der Waals surface area contributed by atoms with Crippen molar-refractivity contribution >= 4 is 23.1 Å². The first kappa shape index (κ1) is 21.9. The smallest absolute Gasteiger partial charge is 0.243 e. The van der Waals surface area contributed by atoms with Crippen LogP contribution in [0.2, 0.25) is 0 Å². The van der Waals surface area contributed by atoms with Gasteiger partial charge in [0.25, 0.3) is 0 Å². The van der Waals surface area contributed by atoms with Crippen LogP contribution in [0.4, 0.5) is 11.4 Å². The molecule has 3 rings (SSSR count). The highest BCUT2D eigenvalue weighted by Gasteiger charge is 2.14. The third kappa shape index (κ3) is 6.60. The van der Waals surface area contributed by atoms with Crippen molar-refractivity contribution in [2.45, 2.75) is 26.5 Å². The molecular weight excluding hydrogens is 388 g/mol. The molecule has 0 fully saturated rings. The third-order valence-corrected chi connectivity index (χ3v) is 4.58. The first-order valence-electron chi connectivity index (χ1n) is 10.2. The van der Waals surface area contributed by atoms with Crippen molar-refractivity contribution in [2.75, 3.05) is 16.8 Å². The number of nitrogens with zero attached hydrogens (tertiary/aromatic N) is 1. The van der Waals surface area contributed by atoms with Crippen molar-refractivity contribution in [3.05, 3.63) is 90.0 Å². The molecular formula is C25H28N4O2. The molecule has 0 spiro atoms. The molecule has 0 unspecified atom stereocenters. The summed E-state index contributed by atoms with van der Waals surface area (Å²) in [4.78, 5) is 14.8. The maximum Gasteiger partial charge on any atom is 0.243 e. The van der Waals surface area contributed by atoms with Gasteiger partial charge in [-0.15, -0.1) is 0 Å². The molecule has 0 aliphatic carbocycles. The van der Waals surface area contributed by atoms with E-state index in [1.165, 1.54) is 0 Å². The maximum absolute atomic E-state index is 12.8. The molecule has 0 atom stereocenters. The highest BCUT2D eigenvalue weighted by Crippen LogP contribution is 2.20. The Morgan fingerprint density at radius 1 is 1.03 bits per heavy atom. The number of ether oxygens (including phenoxy) is 1. The van der Waals surface area contributed by atoms with Gasteiger partial charge in [0.15, 0.2) is 0 Å². The van der Waals surface area contributed by atoms with Crippen LogP contribution in [0.15, 0.2) is 78.9 Å². The predicted molar refractivity (Wildman–Crippen MR) is 126 cm³/mol. The van der Waals surface area contributed by atoms with Crippen LogP contribution < -0.4 is 20.7 Å². The molecule has 0 aliphatic heterocycles. The van der Waals surface area contributed by atoms with Crippen molar-refractivity contribution in [2.24, 2.45) is 5.73 Å². The van der Waals surface area contributed by atoms with Crippen LogP contribution in [0.3, 0.4) is 0 Å². The summed E-state index contributed by atoms with van der Waals surface area (Å²) < 4.78 is 5.64. The Morgan fingerprint density at radius 3 is 2.39 bits per heavy atom. The van der Waals surface area contributed by atoms with Crippen molar-refractivity contribution in [3.8, 4) is 5.75 Å². The molecule has 3 aromatic rings. The number of hydrogen-bond acceptors (Lipinski definition) is 4. The second-order valence-corrected chi connectivity index (χ2v) is 7.54. The number of amides is 1. The molecule has 0 heterocycles. The molecule has 0 aromatic heterocycles. The second-order valence-electron chi connectivity index (χ2n) is 7.54. The Labute approximate surface area is 183 Å². The van der Waals surface area contributed by atoms with Crippen molar-refractivity contribution in [1.29, 1.82) is 5.41 Å². The number of nitrogen functional groups attached to an aromatic ring is 1. The van der Waals surface area contributed by atoms with E-state index in [0.29, 0.717) is 17.8 Å². The van der Waals surface area contributed by atoms with E-state index in [4.69, 9.17) is 15.9 Å². The van der Waals surface area contributed by atoms with Gasteiger partial charge >= 0.3 is 0 Å². The van der Waals surface area contributed by atoms with Crippen LogP contribution in [0.1, 0.15) is 25.0 Å². The van der Waals surface area contributed by atoms with Gasteiger partial charge in [0.2, 0.25) is 5.91 Å². The van der Waals surface area contributed by atoms with E-state index in [1.807, 2.05) is 91.5 Å². The summed E-state index contributed by atoms with van der Waals surface area (Å²) >= 11 is 0. The van der Waals surface area contributed by atoms with Gasteiger partial charge in [0.1, 0.15) is 11.6 Å². The molecule has 160 valence electrons. The fraction of sp³-hybridized carbons (Fsp3) is 0.200. The zero-order valence-electron chi connectivity index (χ0n) is 17.8. The molecule has 0 saturated carbocycles. The average molecular weight is 417 g/mol. The lowest BCUT2D eigenvalue weighted by Gasteiger charge is -2.25. The Morgan fingerprint density at radius 2 is 1.74 bits per heavy atom. The van der Waals surface area contributed by atoms with E-state index in [0.717, 1.165) is 17.0 Å². The minimum Gasteiger partial charge on any atom is -0.491 e. The maximum atomic E-state index is 12.8. The lowest BCUT2D eigenvalue weighted by Crippen LogP contribution is -2.33. The van der Waals surface area contributed by atoms with Gasteiger partial charge in [0.05, 0.1) is 12.6 Å². The number of nitrogens with one attached hydrogen (secondary N) is 2. The number of nitrogens with two attached hydrogens (primary N) is 1. The van der Waals surface area contributed by atoms with Crippen molar-refractivity contribution < 1.29 is 9.53 Å². The molecule has 3 aromatic carbocycles. The van der Waals surface area contributed by atoms with Crippen molar-refractivity contribution in [3.63, 3.8) is 0 Å². The van der Waals surface area contributed by atoms with Gasteiger partial charge in [0, 0.05) is 23.5 Å². The van der Waals surface area contributed by atoms with E-state index < -0.39 is 0 Å². The number of benzene rings is 3. The summed E-state index contributed by atoms with van der Waals surface area (Å²) in [6.07, 6.45) is 0.0951. The average Bonchev–Trinajstić information content (AvgIpc) is 2.75. The molecule has 31 heavy (non-hydrogen) atoms. The summed E-state index contributed by atoms with van der Waals surface area (Å²) in [5.74, 6) is 0.621. The first-order valence-corrected chi connectivity index (χ1v) is 10.2. The zero-order valence-corrected chi connectivity index (χ0v) is 17.8. The predicted octanol–water partition coefficient (Wildman–Crippen LogP) is 4.40. The number of hydrogen-bond donors (Lipinski definition) is 3. The Bertz CT molecular complexity index is 1020. The zero-order chi connectivity index (χ0) is 22.2. The van der Waals surface area contributed by atoms with Gasteiger partial charge in [-0.3, -0.25) is 10.2 Å². The molecule has 0 aliphatic rings. The number of carbonyl (C=O) groups excluding carboxylic acids is 1. The third-order valence-electron chi connectivity index (χ3n) is 4.58. The van der Waals surface area contributed by atoms with Crippen LogP contribution in [0.25, 0.3) is 0 Å². The number of carbonyl (C=O) groups is 1. The van der Waals surface area contributed by atoms with Gasteiger partial charge in [-0.25, -0.2) is 0 Å². The second kappa shape index (κ2) is 10.3. The van der Waals surface area contributed by atoms with Crippen LogP contribution in [0, 0.1) is 5.41 Å². The van der Waals surface area contributed by atoms with E-state index in [1.54, 1.807) is 6.07 Å². The lowest BCUT2D eigenvalue weighted by atomic mass is 10.1. The molecule has 4 N–H and O–H groups in total. The molecule has 1 amide bonds. The number of rotatable bonds is 9. The Kier molecular flexibility index (Phi) is 7.27. The van der Waals surface area contributed by atoms with Crippen LogP contribution in [-0.4, -0.2) is 24.4 Å². The SMILES string of the molecule is CC(C)Oc1ccc(NC(=O)CN(Cc2ccccc2)c2cccc(C(=N)N)c2)cc1. The highest BCUT2D eigenvalue weighted by atomic mass is 16.5. The standard InChI is InChI=1S/C25H28N4O2/c1-18(2)31-23-13-11-21(12-14-23)28-24(30)17-29(16-19-7-4-3-5-8-19)22-10-6-9-20(15-22)25(26)27/h3-15,18H,16-17H2,1-2H3,(H3,26,27)(H,28,30). The van der Waals surface area contributed by atoms with Crippen LogP contribution in [-0.2, 0) is 11.3 Å². The van der Waals surface area contributed by atoms with E-state index >= 15 is 0 Å². The minimum atomic E-state index is -0.137. The summed E-state index contributed by atoms with van der Waals surface area (Å²) in [5.41, 5.74) is 8.89. The van der Waals surface area contributed by atoms with Gasteiger partial charge < -0.3 is 20.7 Å². The molecule has 6 nitrogen and oxygen atoms in total. The van der Waals surface area contributed by atoms with Crippen LogP contribution in [0.5, 0.6) is 5.75 Å². The topological polar surface area (TPSA) is 91.4 Å². The minimum absolute atomic E-state index is 0.00494. The molecule has 6 heteroatoms. The van der Waals surface area contributed by atoms with E-state index in [9.17, 15) is 4.79 Å². The van der Waals surface area contributed by atoms with Gasteiger partial charge in [-0.2, -0.15) is 0 Å². The van der Waals surface area contributed by atoms with Gasteiger partial charge in [-0.05, 0) is 55.8 Å². The summed E-state index contributed by atoms with van der Waals surface area (Å²) in [7, 11) is 0. The van der Waals surface area contributed by atoms with Gasteiger partial charge in [-0.1, -0.05) is 42.5 Å². The fourth-order valence-corrected chi connectivity index (χ4v) is 3.18. The molecule has 0 radical (unpaired) electrons. The molecule has 0 saturated heterocycles. The van der Waals surface area contributed by atoms with E-state index in [-0.39, 0.29) is 24.4 Å². The number of amidine groups is 1. The van der Waals surface area contributed by atoms with Crippen molar-refractivity contribution in [1.82, 2.24) is 0 Å². The molecule has 0 bridgehead atoms. The largest absolute Gasteiger partial charge is 0.491 e. The highest BCUT2D eigenvalue weighted by molar-refractivity contribution is 5.97. The Balaban J connectivity index is 1.75. The number of anilines is 2. The summed E-state index contributed by atoms with van der Waals surface area (Å²) in [6, 6.07) is 24.7. The lowest BCUT2D eigenvalue weighted by molar-refractivity contribution is -0.115. The summed E-state index contributed by atoms with van der Waals surface area (Å²) in [5, 5.41) is 10.7. The Hall–Kier alpha value is -3.80. The van der Waals surface area contributed by atoms with Crippen LogP contribution >= 0.6 is 0 Å².